The molecule has 0 radical (unpaired) electrons. The fraction of sp³-hybridized carbons (Fsp3) is 0.286. The van der Waals surface area contributed by atoms with Gasteiger partial charge in [-0.3, -0.25) is 9.51 Å². The minimum Gasteiger partial charge on any atom is -0.296 e. The van der Waals surface area contributed by atoms with Gasteiger partial charge in [0.05, 0.1) is 16.1 Å². The summed E-state index contributed by atoms with van der Waals surface area (Å²) in [4.78, 5) is 18.2. The van der Waals surface area contributed by atoms with Crippen LogP contribution in [0.4, 0.5) is 0 Å². The first-order valence-corrected chi connectivity index (χ1v) is 4.68. The van der Waals surface area contributed by atoms with Gasteiger partial charge in [-0.05, 0) is 6.42 Å². The molecule has 68 valence electrons. The van der Waals surface area contributed by atoms with E-state index >= 15 is 0 Å². The van der Waals surface area contributed by atoms with E-state index in [1.165, 1.54) is 11.3 Å². The number of aromatic nitrogens is 3. The molecule has 13 heavy (non-hydrogen) atoms. The summed E-state index contributed by atoms with van der Waals surface area (Å²) >= 11 is 1.44. The molecule has 2 aromatic heterocycles. The number of hydrogen-bond donors (Lipinski definition) is 1. The van der Waals surface area contributed by atoms with Gasteiger partial charge in [0.2, 0.25) is 0 Å². The second kappa shape index (κ2) is 3.14. The Bertz CT molecular complexity index is 456. The van der Waals surface area contributed by atoms with Crippen molar-refractivity contribution in [2.24, 2.45) is 0 Å². The van der Waals surface area contributed by atoms with Crippen LogP contribution in [0.5, 0.6) is 0 Å². The van der Waals surface area contributed by atoms with Crippen molar-refractivity contribution in [1.29, 1.82) is 0 Å². The van der Waals surface area contributed by atoms with Crippen LogP contribution >= 0.6 is 11.3 Å². The monoisotopic (exact) mass is 197 g/mol. The Morgan fingerprint density at radius 1 is 1.69 bits per heavy atom. The molecule has 0 amide bonds. The van der Waals surface area contributed by atoms with Gasteiger partial charge in [0, 0.05) is 0 Å². The highest BCUT2D eigenvalue weighted by Crippen LogP contribution is 2.23. The molecular weight excluding hydrogens is 190 g/mol. The van der Waals surface area contributed by atoms with E-state index in [0.717, 1.165) is 17.0 Å². The average molecular weight is 197 g/mol. The summed E-state index contributed by atoms with van der Waals surface area (Å²) in [7, 11) is 0. The molecule has 1 N–H and O–H groups in total. The lowest BCUT2D eigenvalue weighted by molar-refractivity contribution is 0.388. The van der Waals surface area contributed by atoms with Crippen LogP contribution in [0.1, 0.15) is 12.6 Å². The molecule has 2 rings (SSSR count). The number of nitrogens with zero attached hydrogens (tertiary/aromatic N) is 2. The minimum absolute atomic E-state index is 0.462. The lowest BCUT2D eigenvalue weighted by Gasteiger charge is -1.91. The van der Waals surface area contributed by atoms with Crippen molar-refractivity contribution in [2.75, 3.05) is 0 Å². The standard InChI is InChI=1S/C7H7N3O2S/c1-2-4-5(13-3-8-4)6-9-7(11)12-10-6/h3H,2H2,1H3,(H,9,10,11). The zero-order valence-electron chi connectivity index (χ0n) is 6.90. The van der Waals surface area contributed by atoms with Crippen molar-refractivity contribution in [1.82, 2.24) is 15.1 Å². The molecule has 5 nitrogen and oxygen atoms in total. The molecule has 0 saturated carbocycles. The largest absolute Gasteiger partial charge is 0.439 e. The average Bonchev–Trinajstić information content (AvgIpc) is 2.71. The third-order valence-electron chi connectivity index (χ3n) is 1.63. The van der Waals surface area contributed by atoms with Gasteiger partial charge in [0.15, 0.2) is 5.82 Å². The van der Waals surface area contributed by atoms with E-state index in [-0.39, 0.29) is 0 Å². The molecule has 0 aliphatic rings. The smallest absolute Gasteiger partial charge is 0.296 e. The molecule has 6 heteroatoms. The van der Waals surface area contributed by atoms with Gasteiger partial charge in [-0.15, -0.1) is 11.3 Å². The molecule has 0 saturated heterocycles. The Kier molecular flexibility index (Phi) is 1.97. The quantitative estimate of drug-likeness (QED) is 0.781. The number of hydrogen-bond acceptors (Lipinski definition) is 5. The van der Waals surface area contributed by atoms with E-state index in [1.54, 1.807) is 5.51 Å². The van der Waals surface area contributed by atoms with E-state index in [0.29, 0.717) is 5.82 Å². The Balaban J connectivity index is 2.51. The molecule has 2 aromatic rings. The number of aryl methyl sites for hydroxylation is 1. The van der Waals surface area contributed by atoms with Crippen molar-refractivity contribution in [3.05, 3.63) is 21.8 Å². The van der Waals surface area contributed by atoms with Crippen LogP contribution in [0.15, 0.2) is 14.8 Å². The Morgan fingerprint density at radius 3 is 3.15 bits per heavy atom. The summed E-state index contributed by atoms with van der Waals surface area (Å²) in [5.74, 6) is -0.0743. The lowest BCUT2D eigenvalue weighted by Crippen LogP contribution is -1.95. The predicted molar refractivity (Wildman–Crippen MR) is 47.6 cm³/mol. The third kappa shape index (κ3) is 1.40. The lowest BCUT2D eigenvalue weighted by atomic mass is 10.3. The molecule has 0 aliphatic carbocycles. The number of aromatic amines is 1. The van der Waals surface area contributed by atoms with E-state index in [4.69, 9.17) is 0 Å². The van der Waals surface area contributed by atoms with Crippen molar-refractivity contribution in [3.63, 3.8) is 0 Å². The molecule has 0 bridgehead atoms. The number of H-pyrrole nitrogens is 1. The normalized spacial score (nSPS) is 10.5. The number of rotatable bonds is 2. The van der Waals surface area contributed by atoms with Gasteiger partial charge >= 0.3 is 5.76 Å². The zero-order chi connectivity index (χ0) is 9.26. The molecule has 0 aromatic carbocycles. The van der Waals surface area contributed by atoms with Crippen LogP contribution in [0.25, 0.3) is 10.7 Å². The summed E-state index contributed by atoms with van der Waals surface area (Å²) in [6.07, 6.45) is 0.813. The molecule has 0 atom stereocenters. The number of thiazole rings is 1. The highest BCUT2D eigenvalue weighted by molar-refractivity contribution is 7.13. The Morgan fingerprint density at radius 2 is 2.54 bits per heavy atom. The maximum absolute atomic E-state index is 10.7. The van der Waals surface area contributed by atoms with Crippen molar-refractivity contribution >= 4 is 11.3 Å². The fourth-order valence-corrected chi connectivity index (χ4v) is 1.86. The van der Waals surface area contributed by atoms with Gasteiger partial charge < -0.3 is 0 Å². The predicted octanol–water partition coefficient (Wildman–Crippen LogP) is 1.05. The Hall–Kier alpha value is -1.43. The van der Waals surface area contributed by atoms with Crippen LogP contribution in [0, 0.1) is 0 Å². The van der Waals surface area contributed by atoms with E-state index in [1.807, 2.05) is 6.92 Å². The Labute approximate surface area is 77.4 Å². The summed E-state index contributed by atoms with van der Waals surface area (Å²) in [5.41, 5.74) is 2.65. The first kappa shape index (κ1) is 8.18. The highest BCUT2D eigenvalue weighted by Gasteiger charge is 2.11. The topological polar surface area (TPSA) is 71.8 Å². The second-order valence-corrected chi connectivity index (χ2v) is 3.28. The fourth-order valence-electron chi connectivity index (χ4n) is 1.04. The van der Waals surface area contributed by atoms with E-state index < -0.39 is 5.76 Å². The van der Waals surface area contributed by atoms with Crippen LogP contribution in [0.3, 0.4) is 0 Å². The molecule has 0 spiro atoms. The first-order chi connectivity index (χ1) is 6.31. The summed E-state index contributed by atoms with van der Waals surface area (Å²) in [6.45, 7) is 2.00. The minimum atomic E-state index is -0.537. The van der Waals surface area contributed by atoms with E-state index in [9.17, 15) is 4.79 Å². The van der Waals surface area contributed by atoms with Crippen LogP contribution < -0.4 is 5.76 Å². The van der Waals surface area contributed by atoms with Gasteiger partial charge in [0.1, 0.15) is 0 Å². The number of nitrogens with one attached hydrogen (secondary N) is 1. The van der Waals surface area contributed by atoms with Crippen molar-refractivity contribution in [3.8, 4) is 10.7 Å². The van der Waals surface area contributed by atoms with Gasteiger partial charge in [-0.25, -0.2) is 9.78 Å². The second-order valence-electron chi connectivity index (χ2n) is 2.43. The van der Waals surface area contributed by atoms with Crippen LogP contribution in [-0.2, 0) is 6.42 Å². The highest BCUT2D eigenvalue weighted by atomic mass is 32.1. The van der Waals surface area contributed by atoms with Crippen LogP contribution in [0.2, 0.25) is 0 Å². The van der Waals surface area contributed by atoms with Gasteiger partial charge in [0.25, 0.3) is 0 Å². The summed E-state index contributed by atoms with van der Waals surface area (Å²) in [5, 5.41) is 3.59. The maximum atomic E-state index is 10.7. The van der Waals surface area contributed by atoms with Gasteiger partial charge in [-0.2, -0.15) is 0 Å². The first-order valence-electron chi connectivity index (χ1n) is 3.80. The van der Waals surface area contributed by atoms with E-state index in [2.05, 4.69) is 19.6 Å². The summed E-state index contributed by atoms with van der Waals surface area (Å²) < 4.78 is 4.41. The molecular formula is C7H7N3O2S. The SMILES string of the molecule is CCc1ncsc1-c1noc(=O)[nH]1. The third-order valence-corrected chi connectivity index (χ3v) is 2.51. The molecule has 0 unspecified atom stereocenters. The maximum Gasteiger partial charge on any atom is 0.439 e. The molecule has 2 heterocycles. The van der Waals surface area contributed by atoms with Crippen molar-refractivity contribution in [2.45, 2.75) is 13.3 Å². The van der Waals surface area contributed by atoms with Crippen LogP contribution in [-0.4, -0.2) is 15.1 Å². The van der Waals surface area contributed by atoms with Crippen molar-refractivity contribution < 1.29 is 4.52 Å². The van der Waals surface area contributed by atoms with Gasteiger partial charge in [-0.1, -0.05) is 12.1 Å². The molecule has 0 fully saturated rings. The summed E-state index contributed by atoms with van der Waals surface area (Å²) in [6, 6.07) is 0. The zero-order valence-corrected chi connectivity index (χ0v) is 7.72. The molecule has 0 aliphatic heterocycles.